The number of sulfonamides is 1. The molecule has 9 heteroatoms. The highest BCUT2D eigenvalue weighted by Gasteiger charge is 2.19. The van der Waals surface area contributed by atoms with Gasteiger partial charge in [0.1, 0.15) is 9.96 Å². The fourth-order valence-electron chi connectivity index (χ4n) is 2.42. The Labute approximate surface area is 173 Å². The minimum Gasteiger partial charge on any atom is -0.494 e. The van der Waals surface area contributed by atoms with Crippen molar-refractivity contribution in [2.24, 2.45) is 5.10 Å². The van der Waals surface area contributed by atoms with Crippen LogP contribution >= 0.6 is 11.3 Å². The Balaban J connectivity index is 1.70. The fourth-order valence-corrected chi connectivity index (χ4v) is 4.50. The molecule has 0 radical (unpaired) electrons. The molecule has 2 N–H and O–H groups in total. The van der Waals surface area contributed by atoms with E-state index in [9.17, 15) is 13.2 Å². The minimum atomic E-state index is -3.76. The highest BCUT2D eigenvalue weighted by molar-refractivity contribution is 7.94. The lowest BCUT2D eigenvalue weighted by Gasteiger charge is -2.10. The number of hydrazone groups is 1. The molecule has 0 aliphatic rings. The zero-order valence-corrected chi connectivity index (χ0v) is 17.2. The molecule has 2 aromatic carbocycles. The maximum atomic E-state index is 12.5. The van der Waals surface area contributed by atoms with E-state index in [2.05, 4.69) is 15.2 Å². The Bertz CT molecular complexity index is 1090. The summed E-state index contributed by atoms with van der Waals surface area (Å²) in [6, 6.07) is 16.7. The third kappa shape index (κ3) is 5.43. The van der Waals surface area contributed by atoms with Crippen molar-refractivity contribution in [1.82, 2.24) is 5.43 Å². The number of anilines is 1. The summed E-state index contributed by atoms with van der Waals surface area (Å²) in [5.74, 6) is 0.220. The van der Waals surface area contributed by atoms with Crippen LogP contribution in [0.5, 0.6) is 5.75 Å². The molecular formula is C20H19N3O4S2. The van der Waals surface area contributed by atoms with E-state index in [0.29, 0.717) is 6.61 Å². The van der Waals surface area contributed by atoms with Gasteiger partial charge in [-0.1, -0.05) is 18.2 Å². The summed E-state index contributed by atoms with van der Waals surface area (Å²) in [4.78, 5) is 12.5. The molecule has 0 saturated carbocycles. The first-order valence-corrected chi connectivity index (χ1v) is 11.1. The molecule has 1 amide bonds. The van der Waals surface area contributed by atoms with Gasteiger partial charge < -0.3 is 4.74 Å². The second-order valence-electron chi connectivity index (χ2n) is 5.78. The molecule has 0 spiro atoms. The van der Waals surface area contributed by atoms with Gasteiger partial charge in [0.25, 0.3) is 15.9 Å². The molecule has 0 bridgehead atoms. The highest BCUT2D eigenvalue weighted by Crippen LogP contribution is 2.22. The largest absolute Gasteiger partial charge is 0.494 e. The van der Waals surface area contributed by atoms with Gasteiger partial charge in [0.2, 0.25) is 0 Å². The van der Waals surface area contributed by atoms with E-state index in [1.807, 2.05) is 19.1 Å². The molecule has 3 aromatic rings. The minimum absolute atomic E-state index is 0.163. The normalized spacial score (nSPS) is 11.3. The first kappa shape index (κ1) is 20.6. The Kier molecular flexibility index (Phi) is 6.63. The molecule has 0 fully saturated rings. The first-order valence-electron chi connectivity index (χ1n) is 8.71. The van der Waals surface area contributed by atoms with Gasteiger partial charge in [-0.15, -0.1) is 11.3 Å². The van der Waals surface area contributed by atoms with Crippen LogP contribution in [0.2, 0.25) is 0 Å². The zero-order valence-electron chi connectivity index (χ0n) is 15.5. The SMILES string of the molecule is CCOc1ccc(/C=N\NC(=O)c2ccccc2NS(=O)(=O)c2cccs2)cc1. The number of hydrogen-bond donors (Lipinski definition) is 2. The Morgan fingerprint density at radius 2 is 1.86 bits per heavy atom. The number of para-hydroxylation sites is 1. The van der Waals surface area contributed by atoms with E-state index in [1.165, 1.54) is 24.4 Å². The number of benzene rings is 2. The molecule has 0 unspecified atom stereocenters. The fraction of sp³-hybridized carbons (Fsp3) is 0.100. The summed E-state index contributed by atoms with van der Waals surface area (Å²) < 4.78 is 32.9. The summed E-state index contributed by atoms with van der Waals surface area (Å²) in [7, 11) is -3.76. The van der Waals surface area contributed by atoms with E-state index in [4.69, 9.17) is 4.74 Å². The topological polar surface area (TPSA) is 96.9 Å². The van der Waals surface area contributed by atoms with E-state index in [-0.39, 0.29) is 15.5 Å². The average Bonchev–Trinajstić information content (AvgIpc) is 3.26. The number of carbonyl (C=O) groups excluding carboxylic acids is 1. The molecule has 29 heavy (non-hydrogen) atoms. The second-order valence-corrected chi connectivity index (χ2v) is 8.64. The number of rotatable bonds is 8. The van der Waals surface area contributed by atoms with E-state index in [0.717, 1.165) is 22.6 Å². The zero-order chi connectivity index (χ0) is 20.7. The van der Waals surface area contributed by atoms with Crippen LogP contribution in [-0.2, 0) is 10.0 Å². The lowest BCUT2D eigenvalue weighted by molar-refractivity contribution is 0.0956. The van der Waals surface area contributed by atoms with E-state index >= 15 is 0 Å². The monoisotopic (exact) mass is 429 g/mol. The number of hydrogen-bond acceptors (Lipinski definition) is 6. The molecular weight excluding hydrogens is 410 g/mol. The van der Waals surface area contributed by atoms with Crippen molar-refractivity contribution in [2.45, 2.75) is 11.1 Å². The van der Waals surface area contributed by atoms with Gasteiger partial charge in [0.15, 0.2) is 0 Å². The summed E-state index contributed by atoms with van der Waals surface area (Å²) in [5, 5.41) is 5.61. The lowest BCUT2D eigenvalue weighted by Crippen LogP contribution is -2.21. The van der Waals surface area contributed by atoms with Gasteiger partial charge in [-0.3, -0.25) is 9.52 Å². The molecule has 150 valence electrons. The smallest absolute Gasteiger partial charge is 0.273 e. The van der Waals surface area contributed by atoms with Gasteiger partial charge in [0.05, 0.1) is 24.1 Å². The Hall–Kier alpha value is -3.17. The van der Waals surface area contributed by atoms with Crippen LogP contribution in [0.25, 0.3) is 0 Å². The van der Waals surface area contributed by atoms with Crippen LogP contribution in [-0.4, -0.2) is 27.1 Å². The summed E-state index contributed by atoms with van der Waals surface area (Å²) in [5.41, 5.74) is 3.53. The molecule has 0 aliphatic heterocycles. The third-order valence-corrected chi connectivity index (χ3v) is 6.51. The van der Waals surface area contributed by atoms with E-state index < -0.39 is 15.9 Å². The third-order valence-electron chi connectivity index (χ3n) is 3.75. The maximum Gasteiger partial charge on any atom is 0.273 e. The van der Waals surface area contributed by atoms with Gasteiger partial charge in [0, 0.05) is 0 Å². The Morgan fingerprint density at radius 1 is 1.10 bits per heavy atom. The number of nitrogens with one attached hydrogen (secondary N) is 2. The summed E-state index contributed by atoms with van der Waals surface area (Å²) in [6.07, 6.45) is 1.49. The number of thiophene rings is 1. The molecule has 7 nitrogen and oxygen atoms in total. The predicted octanol–water partition coefficient (Wildman–Crippen LogP) is 3.71. The number of carbonyl (C=O) groups is 1. The number of ether oxygens (including phenoxy) is 1. The summed E-state index contributed by atoms with van der Waals surface area (Å²) in [6.45, 7) is 2.49. The van der Waals surface area contributed by atoms with Crippen LogP contribution in [0.1, 0.15) is 22.8 Å². The van der Waals surface area contributed by atoms with Gasteiger partial charge in [-0.25, -0.2) is 13.8 Å². The Morgan fingerprint density at radius 3 is 2.55 bits per heavy atom. The van der Waals surface area contributed by atoms with Crippen LogP contribution in [0, 0.1) is 0 Å². The highest BCUT2D eigenvalue weighted by atomic mass is 32.2. The van der Waals surface area contributed by atoms with Crippen molar-refractivity contribution in [3.8, 4) is 5.75 Å². The molecule has 1 aromatic heterocycles. The van der Waals surface area contributed by atoms with Crippen molar-refractivity contribution in [3.63, 3.8) is 0 Å². The van der Waals surface area contributed by atoms with Crippen molar-refractivity contribution in [3.05, 3.63) is 77.2 Å². The van der Waals surface area contributed by atoms with Gasteiger partial charge >= 0.3 is 0 Å². The van der Waals surface area contributed by atoms with Crippen LogP contribution in [0.4, 0.5) is 5.69 Å². The predicted molar refractivity (Wildman–Crippen MR) is 114 cm³/mol. The van der Waals surface area contributed by atoms with Crippen molar-refractivity contribution in [2.75, 3.05) is 11.3 Å². The van der Waals surface area contributed by atoms with Crippen molar-refractivity contribution in [1.29, 1.82) is 0 Å². The van der Waals surface area contributed by atoms with Crippen molar-refractivity contribution < 1.29 is 17.9 Å². The summed E-state index contributed by atoms with van der Waals surface area (Å²) >= 11 is 1.10. The molecule has 3 rings (SSSR count). The maximum absolute atomic E-state index is 12.5. The molecule has 0 aliphatic carbocycles. The molecule has 0 saturated heterocycles. The first-order chi connectivity index (χ1) is 14.0. The van der Waals surface area contributed by atoms with Crippen molar-refractivity contribution >= 4 is 39.2 Å². The lowest BCUT2D eigenvalue weighted by atomic mass is 10.2. The number of amides is 1. The average molecular weight is 430 g/mol. The number of nitrogens with zero attached hydrogens (tertiary/aromatic N) is 1. The standard InChI is InChI=1S/C20H19N3O4S2/c1-2-27-16-11-9-15(10-12-16)14-21-22-20(24)17-6-3-4-7-18(17)23-29(25,26)19-8-5-13-28-19/h3-14,23H,2H2,1H3,(H,22,24)/b21-14-. The molecule has 1 heterocycles. The van der Waals surface area contributed by atoms with Gasteiger partial charge in [-0.2, -0.15) is 5.10 Å². The quantitative estimate of drug-likeness (QED) is 0.421. The van der Waals surface area contributed by atoms with Crippen LogP contribution < -0.4 is 14.9 Å². The van der Waals surface area contributed by atoms with E-state index in [1.54, 1.807) is 35.7 Å². The van der Waals surface area contributed by atoms with Crippen LogP contribution in [0.3, 0.4) is 0 Å². The van der Waals surface area contributed by atoms with Crippen LogP contribution in [0.15, 0.2) is 75.4 Å². The van der Waals surface area contributed by atoms with Gasteiger partial charge in [-0.05, 0) is 60.3 Å². The second kappa shape index (κ2) is 9.35. The molecule has 0 atom stereocenters.